The van der Waals surface area contributed by atoms with Crippen molar-refractivity contribution in [3.05, 3.63) is 35.7 Å². The number of alkyl halides is 3. The molecule has 5 rings (SSSR count). The highest BCUT2D eigenvalue weighted by Crippen LogP contribution is 2.37. The topological polar surface area (TPSA) is 103 Å². The molecule has 5 heterocycles. The van der Waals surface area contributed by atoms with Crippen LogP contribution in [0.1, 0.15) is 18.1 Å². The monoisotopic (exact) mass is 547 g/mol. The maximum atomic E-state index is 14.2. The SMILES string of the molecule is CCNC(=O)Nc1cc(C(F)(F)F)c(-c2nc(N3CCOCC3)c3cc(CN4CCN(C)CC4)cn3n2)cn1. The molecular formula is C25H32F3N9O2. The zero-order valence-corrected chi connectivity index (χ0v) is 22.0. The van der Waals surface area contributed by atoms with Crippen LogP contribution < -0.4 is 15.5 Å². The van der Waals surface area contributed by atoms with E-state index in [-0.39, 0.29) is 17.2 Å². The number of amides is 2. The third kappa shape index (κ3) is 6.23. The van der Waals surface area contributed by atoms with Gasteiger partial charge in [-0.3, -0.25) is 10.2 Å². The number of anilines is 2. The van der Waals surface area contributed by atoms with Gasteiger partial charge in [-0.25, -0.2) is 19.3 Å². The largest absolute Gasteiger partial charge is 0.417 e. The minimum Gasteiger partial charge on any atom is -0.378 e. The molecule has 0 radical (unpaired) electrons. The van der Waals surface area contributed by atoms with Gasteiger partial charge in [0.15, 0.2) is 11.6 Å². The number of urea groups is 1. The lowest BCUT2D eigenvalue weighted by Crippen LogP contribution is -2.43. The van der Waals surface area contributed by atoms with Crippen LogP contribution >= 0.6 is 0 Å². The van der Waals surface area contributed by atoms with E-state index in [2.05, 4.69) is 42.5 Å². The van der Waals surface area contributed by atoms with E-state index in [1.54, 1.807) is 11.4 Å². The van der Waals surface area contributed by atoms with Gasteiger partial charge in [0.05, 0.1) is 24.3 Å². The average molecular weight is 548 g/mol. The number of hydrogen-bond acceptors (Lipinski definition) is 8. The summed E-state index contributed by atoms with van der Waals surface area (Å²) in [5.74, 6) is 0.225. The van der Waals surface area contributed by atoms with Crippen molar-refractivity contribution >= 4 is 23.2 Å². The van der Waals surface area contributed by atoms with Gasteiger partial charge >= 0.3 is 12.2 Å². The first-order valence-electron chi connectivity index (χ1n) is 13.0. The number of ether oxygens (including phenoxy) is 1. The second kappa shape index (κ2) is 11.3. The predicted molar refractivity (Wildman–Crippen MR) is 140 cm³/mol. The van der Waals surface area contributed by atoms with Crippen molar-refractivity contribution in [3.63, 3.8) is 0 Å². The van der Waals surface area contributed by atoms with Gasteiger partial charge in [-0.2, -0.15) is 13.2 Å². The Hall–Kier alpha value is -3.49. The Morgan fingerprint density at radius 3 is 2.54 bits per heavy atom. The smallest absolute Gasteiger partial charge is 0.378 e. The molecule has 2 fully saturated rings. The van der Waals surface area contributed by atoms with Gasteiger partial charge in [0, 0.05) is 64.8 Å². The summed E-state index contributed by atoms with van der Waals surface area (Å²) in [6, 6.07) is 2.18. The van der Waals surface area contributed by atoms with E-state index in [4.69, 9.17) is 4.74 Å². The van der Waals surface area contributed by atoms with Crippen molar-refractivity contribution in [3.8, 4) is 11.4 Å². The summed E-state index contributed by atoms with van der Waals surface area (Å²) in [6.45, 7) is 8.69. The number of nitrogens with one attached hydrogen (secondary N) is 2. The molecule has 2 aliphatic rings. The number of nitrogens with zero attached hydrogens (tertiary/aromatic N) is 7. The van der Waals surface area contributed by atoms with Gasteiger partial charge in [0.1, 0.15) is 11.3 Å². The molecule has 2 saturated heterocycles. The molecule has 0 aromatic carbocycles. The predicted octanol–water partition coefficient (Wildman–Crippen LogP) is 2.54. The molecule has 14 heteroatoms. The molecule has 210 valence electrons. The maximum absolute atomic E-state index is 14.2. The van der Waals surface area contributed by atoms with Crippen molar-refractivity contribution in [2.75, 3.05) is 76.3 Å². The lowest BCUT2D eigenvalue weighted by Gasteiger charge is -2.32. The Labute approximate surface area is 223 Å². The van der Waals surface area contributed by atoms with E-state index in [1.807, 2.05) is 17.2 Å². The van der Waals surface area contributed by atoms with Gasteiger partial charge in [-0.05, 0) is 31.7 Å². The number of fused-ring (bicyclic) bond motifs is 1. The third-order valence-corrected chi connectivity index (χ3v) is 6.84. The van der Waals surface area contributed by atoms with Gasteiger partial charge in [0.2, 0.25) is 0 Å². The zero-order valence-electron chi connectivity index (χ0n) is 22.0. The number of morpholine rings is 1. The summed E-state index contributed by atoms with van der Waals surface area (Å²) in [5, 5.41) is 9.31. The summed E-state index contributed by atoms with van der Waals surface area (Å²) in [5.41, 5.74) is 0.480. The average Bonchev–Trinajstić information content (AvgIpc) is 3.32. The van der Waals surface area contributed by atoms with Crippen molar-refractivity contribution in [2.45, 2.75) is 19.6 Å². The first kappa shape index (κ1) is 27.1. The van der Waals surface area contributed by atoms with Crippen LogP contribution in [0.2, 0.25) is 0 Å². The van der Waals surface area contributed by atoms with Gasteiger partial charge in [0.25, 0.3) is 0 Å². The highest BCUT2D eigenvalue weighted by Gasteiger charge is 2.36. The van der Waals surface area contributed by atoms with Gasteiger partial charge in [-0.15, -0.1) is 5.10 Å². The second-order valence-electron chi connectivity index (χ2n) is 9.71. The Balaban J connectivity index is 1.55. The number of carbonyl (C=O) groups excluding carboxylic acids is 1. The van der Waals surface area contributed by atoms with Crippen LogP contribution in [-0.2, 0) is 17.5 Å². The first-order chi connectivity index (χ1) is 18.7. The number of likely N-dealkylation sites (N-methyl/N-ethyl adjacent to an activating group) is 1. The fraction of sp³-hybridized carbons (Fsp3) is 0.520. The van der Waals surface area contributed by atoms with Gasteiger partial charge in [-0.1, -0.05) is 0 Å². The quantitative estimate of drug-likeness (QED) is 0.486. The van der Waals surface area contributed by atoms with E-state index < -0.39 is 17.8 Å². The van der Waals surface area contributed by atoms with E-state index in [0.29, 0.717) is 45.2 Å². The summed E-state index contributed by atoms with van der Waals surface area (Å²) >= 11 is 0. The van der Waals surface area contributed by atoms with E-state index in [0.717, 1.165) is 49.5 Å². The normalized spacial score (nSPS) is 17.5. The lowest BCUT2D eigenvalue weighted by molar-refractivity contribution is -0.137. The highest BCUT2D eigenvalue weighted by molar-refractivity contribution is 5.88. The number of rotatable bonds is 6. The molecule has 39 heavy (non-hydrogen) atoms. The fourth-order valence-electron chi connectivity index (χ4n) is 4.77. The molecule has 0 aliphatic carbocycles. The Morgan fingerprint density at radius 1 is 1.10 bits per heavy atom. The third-order valence-electron chi connectivity index (χ3n) is 6.84. The van der Waals surface area contributed by atoms with Crippen LogP contribution in [0, 0.1) is 0 Å². The van der Waals surface area contributed by atoms with Crippen molar-refractivity contribution in [1.29, 1.82) is 0 Å². The highest BCUT2D eigenvalue weighted by atomic mass is 19.4. The van der Waals surface area contributed by atoms with Crippen LogP contribution in [0.5, 0.6) is 0 Å². The maximum Gasteiger partial charge on any atom is 0.417 e. The molecule has 11 nitrogen and oxygen atoms in total. The second-order valence-corrected chi connectivity index (χ2v) is 9.71. The molecule has 0 spiro atoms. The molecule has 0 unspecified atom stereocenters. The first-order valence-corrected chi connectivity index (χ1v) is 13.0. The van der Waals surface area contributed by atoms with Gasteiger partial charge < -0.3 is 19.9 Å². The molecule has 0 saturated carbocycles. The summed E-state index contributed by atoms with van der Waals surface area (Å²) in [4.78, 5) is 27.2. The molecule has 2 aliphatic heterocycles. The van der Waals surface area contributed by atoms with E-state index in [1.165, 1.54) is 0 Å². The minimum atomic E-state index is -4.73. The number of hydrogen-bond donors (Lipinski definition) is 2. The van der Waals surface area contributed by atoms with Crippen LogP contribution in [0.4, 0.5) is 29.6 Å². The van der Waals surface area contributed by atoms with Crippen molar-refractivity contribution in [1.82, 2.24) is 34.7 Å². The van der Waals surface area contributed by atoms with Crippen molar-refractivity contribution < 1.29 is 22.7 Å². The Kier molecular flexibility index (Phi) is 7.86. The zero-order chi connectivity index (χ0) is 27.6. The van der Waals surface area contributed by atoms with Crippen LogP contribution in [-0.4, -0.2) is 101 Å². The minimum absolute atomic E-state index is 0.102. The van der Waals surface area contributed by atoms with Crippen LogP contribution in [0.15, 0.2) is 24.5 Å². The van der Waals surface area contributed by atoms with E-state index >= 15 is 0 Å². The Bertz CT molecular complexity index is 1320. The number of halogens is 3. The molecule has 0 atom stereocenters. The standard InChI is InChI=1S/C25H32F3N9O2/c1-3-29-24(38)31-21-13-19(25(26,27)28)18(14-30-21)22-32-23(36-8-10-39-11-9-36)20-12-17(16-37(20)33-22)15-35-6-4-34(2)5-7-35/h12-14,16H,3-11,15H2,1-2H3,(H2,29,30,31,38). The molecule has 0 bridgehead atoms. The fourth-order valence-corrected chi connectivity index (χ4v) is 4.77. The molecule has 3 aromatic rings. The van der Waals surface area contributed by atoms with Crippen LogP contribution in [0.3, 0.4) is 0 Å². The molecule has 2 amide bonds. The van der Waals surface area contributed by atoms with Crippen molar-refractivity contribution in [2.24, 2.45) is 0 Å². The molecule has 3 aromatic heterocycles. The summed E-state index contributed by atoms with van der Waals surface area (Å²) in [7, 11) is 2.10. The number of aromatic nitrogens is 4. The summed E-state index contributed by atoms with van der Waals surface area (Å²) in [6.07, 6.45) is -1.81. The van der Waals surface area contributed by atoms with E-state index in [9.17, 15) is 18.0 Å². The number of pyridine rings is 1. The van der Waals surface area contributed by atoms with Crippen LogP contribution in [0.25, 0.3) is 16.9 Å². The molecule has 2 N–H and O–H groups in total. The number of carbonyl (C=O) groups is 1. The Morgan fingerprint density at radius 2 is 1.85 bits per heavy atom. The summed E-state index contributed by atoms with van der Waals surface area (Å²) < 4.78 is 49.7. The molecular weight excluding hydrogens is 515 g/mol. The number of piperazine rings is 1. The lowest BCUT2D eigenvalue weighted by atomic mass is 10.1.